The van der Waals surface area contributed by atoms with Crippen molar-refractivity contribution in [2.45, 2.75) is 26.8 Å². The molecule has 1 aliphatic rings. The summed E-state index contributed by atoms with van der Waals surface area (Å²) in [5.74, 6) is 0.688. The van der Waals surface area contributed by atoms with Crippen LogP contribution >= 0.6 is 0 Å². The maximum absolute atomic E-state index is 5.17. The van der Waals surface area contributed by atoms with Crippen molar-refractivity contribution in [3.8, 4) is 5.88 Å². The van der Waals surface area contributed by atoms with E-state index in [1.807, 2.05) is 26.1 Å². The lowest BCUT2D eigenvalue weighted by molar-refractivity contribution is 0.310. The molecule has 0 amide bonds. The number of H-pyrrole nitrogens is 1. The van der Waals surface area contributed by atoms with Gasteiger partial charge in [-0.2, -0.15) is 0 Å². The van der Waals surface area contributed by atoms with E-state index in [1.165, 1.54) is 16.6 Å². The molecule has 0 atom stereocenters. The minimum atomic E-state index is 0.688. The SMILES string of the molecule is CC.COc1cc2c3c([nH]c2cn1)CN(C)CC3. The molecule has 0 saturated heterocycles. The molecule has 0 aromatic carbocycles. The second-order valence-electron chi connectivity index (χ2n) is 4.34. The van der Waals surface area contributed by atoms with Crippen LogP contribution in [0.15, 0.2) is 12.3 Å². The summed E-state index contributed by atoms with van der Waals surface area (Å²) < 4.78 is 5.17. The highest BCUT2D eigenvalue weighted by Crippen LogP contribution is 2.28. The number of aromatic nitrogens is 2. The molecule has 2 aromatic rings. The van der Waals surface area contributed by atoms with E-state index < -0.39 is 0 Å². The Morgan fingerprint density at radius 3 is 2.89 bits per heavy atom. The Morgan fingerprint density at radius 1 is 1.39 bits per heavy atom. The third kappa shape index (κ3) is 2.20. The molecule has 3 heterocycles. The molecule has 0 spiro atoms. The second kappa shape index (κ2) is 5.40. The largest absolute Gasteiger partial charge is 0.481 e. The highest BCUT2D eigenvalue weighted by molar-refractivity contribution is 5.85. The predicted octanol–water partition coefficient (Wildman–Crippen LogP) is 2.59. The zero-order valence-electron chi connectivity index (χ0n) is 11.6. The van der Waals surface area contributed by atoms with Gasteiger partial charge in [-0.3, -0.25) is 0 Å². The highest BCUT2D eigenvalue weighted by atomic mass is 16.5. The van der Waals surface area contributed by atoms with E-state index in [0.717, 1.165) is 25.0 Å². The summed E-state index contributed by atoms with van der Waals surface area (Å²) >= 11 is 0. The molecule has 4 heteroatoms. The quantitative estimate of drug-likeness (QED) is 0.842. The maximum Gasteiger partial charge on any atom is 0.213 e. The Labute approximate surface area is 108 Å². The molecule has 0 aliphatic carbocycles. The van der Waals surface area contributed by atoms with Crippen LogP contribution in [0.5, 0.6) is 5.88 Å². The lowest BCUT2D eigenvalue weighted by Gasteiger charge is -2.22. The third-order valence-corrected chi connectivity index (χ3v) is 3.23. The van der Waals surface area contributed by atoms with Crippen LogP contribution in [0.1, 0.15) is 25.1 Å². The number of hydrogen-bond acceptors (Lipinski definition) is 3. The van der Waals surface area contributed by atoms with Gasteiger partial charge < -0.3 is 14.6 Å². The number of hydrogen-bond donors (Lipinski definition) is 1. The van der Waals surface area contributed by atoms with Gasteiger partial charge >= 0.3 is 0 Å². The second-order valence-corrected chi connectivity index (χ2v) is 4.34. The summed E-state index contributed by atoms with van der Waals surface area (Å²) in [4.78, 5) is 9.98. The third-order valence-electron chi connectivity index (χ3n) is 3.23. The van der Waals surface area contributed by atoms with Gasteiger partial charge in [-0.05, 0) is 19.0 Å². The molecule has 3 rings (SSSR count). The normalized spacial score (nSPS) is 14.9. The Bertz CT molecular complexity index is 533. The van der Waals surface area contributed by atoms with Crippen LogP contribution in [0.3, 0.4) is 0 Å². The number of rotatable bonds is 1. The van der Waals surface area contributed by atoms with Gasteiger partial charge in [0.25, 0.3) is 0 Å². The zero-order valence-corrected chi connectivity index (χ0v) is 11.6. The van der Waals surface area contributed by atoms with Gasteiger partial charge in [-0.15, -0.1) is 0 Å². The van der Waals surface area contributed by atoms with Gasteiger partial charge in [0.05, 0.1) is 18.8 Å². The van der Waals surface area contributed by atoms with Gasteiger partial charge in [-0.1, -0.05) is 13.8 Å². The van der Waals surface area contributed by atoms with E-state index in [2.05, 4.69) is 21.9 Å². The van der Waals surface area contributed by atoms with Crippen molar-refractivity contribution in [2.75, 3.05) is 20.7 Å². The number of pyridine rings is 1. The highest BCUT2D eigenvalue weighted by Gasteiger charge is 2.18. The van der Waals surface area contributed by atoms with Gasteiger partial charge in [0, 0.05) is 30.2 Å². The number of methoxy groups -OCH3 is 1. The van der Waals surface area contributed by atoms with Crippen LogP contribution in [-0.4, -0.2) is 35.6 Å². The molecule has 4 nitrogen and oxygen atoms in total. The molecule has 0 radical (unpaired) electrons. The average molecular weight is 247 g/mol. The van der Waals surface area contributed by atoms with Gasteiger partial charge in [0.1, 0.15) is 0 Å². The Balaban J connectivity index is 0.000000574. The summed E-state index contributed by atoms with van der Waals surface area (Å²) in [6.07, 6.45) is 2.95. The first-order valence-corrected chi connectivity index (χ1v) is 6.50. The summed E-state index contributed by atoms with van der Waals surface area (Å²) in [6, 6.07) is 2.02. The van der Waals surface area contributed by atoms with E-state index in [1.54, 1.807) is 7.11 Å². The van der Waals surface area contributed by atoms with Crippen molar-refractivity contribution >= 4 is 10.9 Å². The average Bonchev–Trinajstić information content (AvgIpc) is 2.77. The fourth-order valence-electron chi connectivity index (χ4n) is 2.37. The predicted molar refractivity (Wildman–Crippen MR) is 74.0 cm³/mol. The first-order chi connectivity index (χ1) is 8.78. The van der Waals surface area contributed by atoms with E-state index in [-0.39, 0.29) is 0 Å². The molecular formula is C14H21N3O. The monoisotopic (exact) mass is 247 g/mol. The van der Waals surface area contributed by atoms with Crippen molar-refractivity contribution in [2.24, 2.45) is 0 Å². The molecule has 18 heavy (non-hydrogen) atoms. The Hall–Kier alpha value is -1.55. The van der Waals surface area contributed by atoms with E-state index in [0.29, 0.717) is 5.88 Å². The molecule has 1 aliphatic heterocycles. The maximum atomic E-state index is 5.17. The summed E-state index contributed by atoms with van der Waals surface area (Å²) in [7, 11) is 3.80. The van der Waals surface area contributed by atoms with Crippen LogP contribution in [0.25, 0.3) is 10.9 Å². The number of nitrogens with zero attached hydrogens (tertiary/aromatic N) is 2. The van der Waals surface area contributed by atoms with Gasteiger partial charge in [0.2, 0.25) is 5.88 Å². The minimum Gasteiger partial charge on any atom is -0.481 e. The van der Waals surface area contributed by atoms with Crippen molar-refractivity contribution in [1.29, 1.82) is 0 Å². The number of aromatic amines is 1. The van der Waals surface area contributed by atoms with Crippen LogP contribution in [0.4, 0.5) is 0 Å². The first-order valence-electron chi connectivity index (χ1n) is 6.50. The molecule has 0 fully saturated rings. The summed E-state index contributed by atoms with van der Waals surface area (Å²) in [5, 5.41) is 1.26. The number of ether oxygens (including phenoxy) is 1. The minimum absolute atomic E-state index is 0.688. The lowest BCUT2D eigenvalue weighted by atomic mass is 10.0. The first kappa shape index (κ1) is 12.9. The molecule has 0 saturated carbocycles. The Morgan fingerprint density at radius 2 is 2.17 bits per heavy atom. The van der Waals surface area contributed by atoms with Crippen molar-refractivity contribution in [3.63, 3.8) is 0 Å². The molecule has 2 aromatic heterocycles. The van der Waals surface area contributed by atoms with Gasteiger partial charge in [0.15, 0.2) is 0 Å². The van der Waals surface area contributed by atoms with Crippen molar-refractivity contribution < 1.29 is 4.74 Å². The van der Waals surface area contributed by atoms with Crippen LogP contribution in [0.2, 0.25) is 0 Å². The van der Waals surface area contributed by atoms with E-state index in [9.17, 15) is 0 Å². The van der Waals surface area contributed by atoms with Crippen LogP contribution in [-0.2, 0) is 13.0 Å². The van der Waals surface area contributed by atoms with Crippen LogP contribution < -0.4 is 4.74 Å². The number of nitrogens with one attached hydrogen (secondary N) is 1. The lowest BCUT2D eigenvalue weighted by Crippen LogP contribution is -2.26. The molecular weight excluding hydrogens is 226 g/mol. The van der Waals surface area contributed by atoms with E-state index >= 15 is 0 Å². The zero-order chi connectivity index (χ0) is 13.1. The Kier molecular flexibility index (Phi) is 3.87. The topological polar surface area (TPSA) is 41.1 Å². The van der Waals surface area contributed by atoms with Crippen molar-refractivity contribution in [1.82, 2.24) is 14.9 Å². The van der Waals surface area contributed by atoms with Crippen LogP contribution in [0, 0.1) is 0 Å². The number of likely N-dealkylation sites (N-methyl/N-ethyl adjacent to an activating group) is 1. The fraction of sp³-hybridized carbons (Fsp3) is 0.500. The van der Waals surface area contributed by atoms with E-state index in [4.69, 9.17) is 4.74 Å². The molecule has 0 bridgehead atoms. The van der Waals surface area contributed by atoms with Gasteiger partial charge in [-0.25, -0.2) is 4.98 Å². The standard InChI is InChI=1S/C12H15N3O.C2H6/c1-15-4-3-8-9-5-12(16-2)13-6-10(9)14-11(8)7-15;1-2/h5-6,14H,3-4,7H2,1-2H3;1-2H3. The molecule has 1 N–H and O–H groups in total. The van der Waals surface area contributed by atoms with Crippen molar-refractivity contribution in [3.05, 3.63) is 23.5 Å². The smallest absolute Gasteiger partial charge is 0.213 e. The molecule has 0 unspecified atom stereocenters. The summed E-state index contributed by atoms with van der Waals surface area (Å²) in [6.45, 7) is 6.11. The summed E-state index contributed by atoms with van der Waals surface area (Å²) in [5.41, 5.74) is 3.86. The fourth-order valence-corrected chi connectivity index (χ4v) is 2.37. The molecule has 98 valence electrons. The number of fused-ring (bicyclic) bond motifs is 3.